The number of anilines is 1. The number of unbranched alkanes of at least 4 members (excludes halogenated alkanes) is 1. The number of hydrogen-bond acceptors (Lipinski definition) is 4. The molecule has 0 unspecified atom stereocenters. The van der Waals surface area contributed by atoms with E-state index >= 15 is 0 Å². The molecule has 5 rings (SSSR count). The van der Waals surface area contributed by atoms with Gasteiger partial charge in [0.2, 0.25) is 5.91 Å². The van der Waals surface area contributed by atoms with Crippen molar-refractivity contribution in [1.29, 1.82) is 0 Å². The lowest BCUT2D eigenvalue weighted by Gasteiger charge is -2.17. The molecule has 0 radical (unpaired) electrons. The fourth-order valence-electron chi connectivity index (χ4n) is 4.63. The van der Waals surface area contributed by atoms with Gasteiger partial charge in [-0.25, -0.2) is 9.37 Å². The first-order valence-corrected chi connectivity index (χ1v) is 11.9. The van der Waals surface area contributed by atoms with Gasteiger partial charge in [0.25, 0.3) is 0 Å². The third kappa shape index (κ3) is 4.99. The monoisotopic (exact) mass is 473 g/mol. The summed E-state index contributed by atoms with van der Waals surface area (Å²) in [5.74, 6) is 2.27. The highest BCUT2D eigenvalue weighted by atomic mass is 19.1. The number of methoxy groups -OCH3 is 1. The highest BCUT2D eigenvalue weighted by Gasteiger charge is 2.34. The van der Waals surface area contributed by atoms with Crippen LogP contribution in [-0.4, -0.2) is 35.7 Å². The molecule has 1 aliphatic heterocycles. The van der Waals surface area contributed by atoms with Gasteiger partial charge in [0.1, 0.15) is 23.1 Å². The Balaban J connectivity index is 1.26. The summed E-state index contributed by atoms with van der Waals surface area (Å²) in [6.07, 6.45) is 2.20. The van der Waals surface area contributed by atoms with Crippen LogP contribution in [0.2, 0.25) is 0 Å². The molecule has 3 aromatic carbocycles. The van der Waals surface area contributed by atoms with E-state index in [0.29, 0.717) is 19.6 Å². The van der Waals surface area contributed by atoms with E-state index in [1.165, 1.54) is 12.1 Å². The van der Waals surface area contributed by atoms with Crippen molar-refractivity contribution in [2.75, 3.05) is 25.2 Å². The lowest BCUT2D eigenvalue weighted by molar-refractivity contribution is -0.117. The van der Waals surface area contributed by atoms with Crippen molar-refractivity contribution >= 4 is 22.6 Å². The molecule has 0 aliphatic carbocycles. The molecule has 1 aromatic heterocycles. The minimum Gasteiger partial charge on any atom is -0.497 e. The van der Waals surface area contributed by atoms with Crippen molar-refractivity contribution in [2.45, 2.75) is 31.7 Å². The number of rotatable bonds is 9. The van der Waals surface area contributed by atoms with Crippen LogP contribution in [0.5, 0.6) is 11.5 Å². The van der Waals surface area contributed by atoms with E-state index in [1.807, 2.05) is 42.5 Å². The first-order chi connectivity index (χ1) is 17.1. The summed E-state index contributed by atoms with van der Waals surface area (Å²) in [5, 5.41) is 0. The summed E-state index contributed by atoms with van der Waals surface area (Å²) < 4.78 is 26.6. The molecule has 180 valence electrons. The molecule has 0 spiro atoms. The zero-order chi connectivity index (χ0) is 24.2. The zero-order valence-corrected chi connectivity index (χ0v) is 19.7. The van der Waals surface area contributed by atoms with E-state index < -0.39 is 0 Å². The average molecular weight is 474 g/mol. The predicted molar refractivity (Wildman–Crippen MR) is 134 cm³/mol. The maximum Gasteiger partial charge on any atom is 0.227 e. The molecule has 1 saturated heterocycles. The minimum absolute atomic E-state index is 0.0181. The van der Waals surface area contributed by atoms with E-state index in [0.717, 1.165) is 53.4 Å². The van der Waals surface area contributed by atoms with Crippen LogP contribution < -0.4 is 14.4 Å². The van der Waals surface area contributed by atoms with Gasteiger partial charge in [-0.3, -0.25) is 4.79 Å². The Morgan fingerprint density at radius 1 is 0.971 bits per heavy atom. The van der Waals surface area contributed by atoms with Gasteiger partial charge in [0.15, 0.2) is 0 Å². The normalized spacial score (nSPS) is 15.7. The Morgan fingerprint density at radius 2 is 1.71 bits per heavy atom. The van der Waals surface area contributed by atoms with E-state index in [-0.39, 0.29) is 17.6 Å². The number of benzene rings is 3. The SMILES string of the molecule is COc1ccc(OCCCCn2c([C@H]3CC(=O)N(c4ccc(F)cc4)C3)nc3ccccc32)cc1. The van der Waals surface area contributed by atoms with E-state index in [4.69, 9.17) is 14.5 Å². The number of carbonyl (C=O) groups is 1. The summed E-state index contributed by atoms with van der Waals surface area (Å²) in [6.45, 7) is 1.95. The summed E-state index contributed by atoms with van der Waals surface area (Å²) in [4.78, 5) is 19.5. The standard InChI is InChI=1S/C28H28FN3O3/c1-34-23-12-14-24(15-13-23)35-17-5-4-16-31-26-7-3-2-6-25(26)30-28(31)20-18-27(33)32(19-20)22-10-8-21(29)9-11-22/h2-3,6-15,20H,4-5,16-19H2,1H3/t20-/m0/s1. The molecule has 0 N–H and O–H groups in total. The van der Waals surface area contributed by atoms with Crippen molar-refractivity contribution in [1.82, 2.24) is 9.55 Å². The van der Waals surface area contributed by atoms with Gasteiger partial charge >= 0.3 is 0 Å². The number of halogens is 1. The smallest absolute Gasteiger partial charge is 0.227 e. The second-order valence-corrected chi connectivity index (χ2v) is 8.72. The summed E-state index contributed by atoms with van der Waals surface area (Å²) in [5.41, 5.74) is 2.73. The van der Waals surface area contributed by atoms with Crippen molar-refractivity contribution in [3.05, 3.63) is 84.4 Å². The molecule has 7 heteroatoms. The van der Waals surface area contributed by atoms with Crippen LogP contribution in [0.1, 0.15) is 31.0 Å². The van der Waals surface area contributed by atoms with Crippen LogP contribution in [0.4, 0.5) is 10.1 Å². The predicted octanol–water partition coefficient (Wildman–Crippen LogP) is 5.56. The number of nitrogens with zero attached hydrogens (tertiary/aromatic N) is 3. The largest absolute Gasteiger partial charge is 0.497 e. The average Bonchev–Trinajstić information content (AvgIpc) is 3.45. The fourth-order valence-corrected chi connectivity index (χ4v) is 4.63. The van der Waals surface area contributed by atoms with Gasteiger partial charge in [-0.1, -0.05) is 12.1 Å². The second-order valence-electron chi connectivity index (χ2n) is 8.72. The van der Waals surface area contributed by atoms with Gasteiger partial charge in [0, 0.05) is 31.1 Å². The first kappa shape index (κ1) is 22.9. The number of amides is 1. The Bertz CT molecular complexity index is 1300. The van der Waals surface area contributed by atoms with Crippen LogP contribution in [0.3, 0.4) is 0 Å². The minimum atomic E-state index is -0.310. The summed E-state index contributed by atoms with van der Waals surface area (Å²) in [7, 11) is 1.64. The summed E-state index contributed by atoms with van der Waals surface area (Å²) in [6, 6.07) is 21.8. The molecular weight excluding hydrogens is 445 g/mol. The number of carbonyl (C=O) groups excluding carboxylic acids is 1. The van der Waals surface area contributed by atoms with Gasteiger partial charge in [-0.2, -0.15) is 0 Å². The molecule has 6 nitrogen and oxygen atoms in total. The quantitative estimate of drug-likeness (QED) is 0.299. The molecule has 0 saturated carbocycles. The second kappa shape index (κ2) is 10.2. The third-order valence-corrected chi connectivity index (χ3v) is 6.42. The molecule has 35 heavy (non-hydrogen) atoms. The Hall–Kier alpha value is -3.87. The molecule has 1 aliphatic rings. The topological polar surface area (TPSA) is 56.6 Å². The van der Waals surface area contributed by atoms with Gasteiger partial charge < -0.3 is 18.9 Å². The Labute approximate surface area is 203 Å². The zero-order valence-electron chi connectivity index (χ0n) is 19.7. The van der Waals surface area contributed by atoms with E-state index in [9.17, 15) is 9.18 Å². The molecule has 4 aromatic rings. The molecule has 1 atom stereocenters. The molecule has 1 amide bonds. The summed E-state index contributed by atoms with van der Waals surface area (Å²) >= 11 is 0. The highest BCUT2D eigenvalue weighted by molar-refractivity contribution is 5.96. The van der Waals surface area contributed by atoms with Crippen molar-refractivity contribution in [2.24, 2.45) is 0 Å². The third-order valence-electron chi connectivity index (χ3n) is 6.42. The molecular formula is C28H28FN3O3. The van der Waals surface area contributed by atoms with Crippen molar-refractivity contribution in [3.8, 4) is 11.5 Å². The maximum atomic E-state index is 13.4. The van der Waals surface area contributed by atoms with Crippen LogP contribution in [0.15, 0.2) is 72.8 Å². The van der Waals surface area contributed by atoms with Crippen LogP contribution >= 0.6 is 0 Å². The van der Waals surface area contributed by atoms with Gasteiger partial charge in [-0.05, 0) is 73.5 Å². The number of aryl methyl sites for hydroxylation is 1. The number of ether oxygens (including phenoxy) is 2. The van der Waals surface area contributed by atoms with Crippen molar-refractivity contribution in [3.63, 3.8) is 0 Å². The van der Waals surface area contributed by atoms with Crippen LogP contribution in [-0.2, 0) is 11.3 Å². The van der Waals surface area contributed by atoms with E-state index in [1.54, 1.807) is 24.1 Å². The first-order valence-electron chi connectivity index (χ1n) is 11.9. The molecule has 2 heterocycles. The number of aromatic nitrogens is 2. The Morgan fingerprint density at radius 3 is 2.49 bits per heavy atom. The van der Waals surface area contributed by atoms with Gasteiger partial charge in [0.05, 0.1) is 24.8 Å². The number of fused-ring (bicyclic) bond motifs is 1. The van der Waals surface area contributed by atoms with Crippen LogP contribution in [0, 0.1) is 5.82 Å². The van der Waals surface area contributed by atoms with Gasteiger partial charge in [-0.15, -0.1) is 0 Å². The van der Waals surface area contributed by atoms with E-state index in [2.05, 4.69) is 10.6 Å². The lowest BCUT2D eigenvalue weighted by Crippen LogP contribution is -2.24. The highest BCUT2D eigenvalue weighted by Crippen LogP contribution is 2.33. The van der Waals surface area contributed by atoms with Crippen molar-refractivity contribution < 1.29 is 18.7 Å². The number of para-hydroxylation sites is 2. The number of imidazole rings is 1. The van der Waals surface area contributed by atoms with Crippen LogP contribution in [0.25, 0.3) is 11.0 Å². The molecule has 0 bridgehead atoms. The maximum absolute atomic E-state index is 13.4. The fraction of sp³-hybridized carbons (Fsp3) is 0.286. The lowest BCUT2D eigenvalue weighted by atomic mass is 10.1. The Kier molecular flexibility index (Phi) is 6.66. The molecule has 1 fully saturated rings. The number of hydrogen-bond donors (Lipinski definition) is 0.